The van der Waals surface area contributed by atoms with Crippen LogP contribution in [-0.4, -0.2) is 32.1 Å². The third kappa shape index (κ3) is 5.20. The molecular formula is C12H16F2N2O2. The highest BCUT2D eigenvalue weighted by Gasteiger charge is 2.06. The second-order valence-electron chi connectivity index (χ2n) is 3.63. The molecule has 0 aliphatic rings. The van der Waals surface area contributed by atoms with Crippen molar-refractivity contribution in [3.8, 4) is 0 Å². The Morgan fingerprint density at radius 2 is 2.22 bits per heavy atom. The van der Waals surface area contributed by atoms with E-state index >= 15 is 0 Å². The van der Waals surface area contributed by atoms with Crippen LogP contribution >= 0.6 is 0 Å². The minimum Gasteiger partial charge on any atom is -0.374 e. The van der Waals surface area contributed by atoms with Gasteiger partial charge in [-0.2, -0.15) is 0 Å². The van der Waals surface area contributed by atoms with Crippen LogP contribution in [0.15, 0.2) is 24.3 Å². The Bertz CT molecular complexity index is 386. The Morgan fingerprint density at radius 3 is 2.89 bits per heavy atom. The first kappa shape index (κ1) is 14.5. The van der Waals surface area contributed by atoms with Gasteiger partial charge in [-0.1, -0.05) is 12.1 Å². The lowest BCUT2D eigenvalue weighted by atomic mass is 10.1. The van der Waals surface area contributed by atoms with E-state index in [0.29, 0.717) is 12.1 Å². The van der Waals surface area contributed by atoms with E-state index in [-0.39, 0.29) is 19.1 Å². The predicted octanol–water partition coefficient (Wildman–Crippen LogP) is 1.16. The molecule has 4 nitrogen and oxygen atoms in total. The molecule has 6 heteroatoms. The van der Waals surface area contributed by atoms with Crippen molar-refractivity contribution in [2.24, 2.45) is 5.73 Å². The van der Waals surface area contributed by atoms with E-state index < -0.39 is 13.0 Å². The van der Waals surface area contributed by atoms with Gasteiger partial charge in [-0.3, -0.25) is 4.79 Å². The first-order chi connectivity index (χ1) is 8.63. The number of carbonyl (C=O) groups is 1. The second kappa shape index (κ2) is 7.73. The van der Waals surface area contributed by atoms with Gasteiger partial charge < -0.3 is 15.8 Å². The molecule has 0 aliphatic carbocycles. The normalized spacial score (nSPS) is 10.7. The zero-order valence-electron chi connectivity index (χ0n) is 9.86. The van der Waals surface area contributed by atoms with Gasteiger partial charge in [-0.15, -0.1) is 0 Å². The molecule has 0 aromatic heterocycles. The molecule has 18 heavy (non-hydrogen) atoms. The molecule has 100 valence electrons. The first-order valence-corrected chi connectivity index (χ1v) is 5.56. The summed E-state index contributed by atoms with van der Waals surface area (Å²) < 4.78 is 28.1. The average molecular weight is 258 g/mol. The maximum Gasteiger partial charge on any atom is 0.261 e. The highest BCUT2D eigenvalue weighted by atomic mass is 19.3. The van der Waals surface area contributed by atoms with Gasteiger partial charge in [0, 0.05) is 18.7 Å². The van der Waals surface area contributed by atoms with Crippen molar-refractivity contribution in [1.82, 2.24) is 5.32 Å². The Morgan fingerprint density at radius 1 is 1.44 bits per heavy atom. The molecule has 0 bridgehead atoms. The van der Waals surface area contributed by atoms with Crippen molar-refractivity contribution >= 4 is 5.91 Å². The SMILES string of the molecule is NCc1cccc(C(=O)NCCOCC(F)F)c1. The van der Waals surface area contributed by atoms with Gasteiger partial charge in [0.2, 0.25) is 0 Å². The van der Waals surface area contributed by atoms with Crippen LogP contribution in [0.2, 0.25) is 0 Å². The number of nitrogens with two attached hydrogens (primary N) is 1. The summed E-state index contributed by atoms with van der Waals surface area (Å²) in [6.45, 7) is 0.00220. The summed E-state index contributed by atoms with van der Waals surface area (Å²) in [4.78, 5) is 11.7. The molecule has 0 heterocycles. The fourth-order valence-corrected chi connectivity index (χ4v) is 1.35. The lowest BCUT2D eigenvalue weighted by molar-refractivity contribution is 0.0188. The van der Waals surface area contributed by atoms with E-state index in [1.807, 2.05) is 6.07 Å². The second-order valence-corrected chi connectivity index (χ2v) is 3.63. The molecule has 0 spiro atoms. The number of hydrogen-bond acceptors (Lipinski definition) is 3. The van der Waals surface area contributed by atoms with Crippen LogP contribution in [0.4, 0.5) is 8.78 Å². The first-order valence-electron chi connectivity index (χ1n) is 5.56. The maximum atomic E-state index is 11.7. The summed E-state index contributed by atoms with van der Waals surface area (Å²) in [6.07, 6.45) is -2.48. The van der Waals surface area contributed by atoms with Crippen molar-refractivity contribution in [2.45, 2.75) is 13.0 Å². The largest absolute Gasteiger partial charge is 0.374 e. The number of rotatable bonds is 7. The molecular weight excluding hydrogens is 242 g/mol. The number of hydrogen-bond donors (Lipinski definition) is 2. The van der Waals surface area contributed by atoms with E-state index in [4.69, 9.17) is 5.73 Å². The fraction of sp³-hybridized carbons (Fsp3) is 0.417. The van der Waals surface area contributed by atoms with Crippen molar-refractivity contribution in [3.05, 3.63) is 35.4 Å². The maximum absolute atomic E-state index is 11.7. The minimum atomic E-state index is -2.48. The van der Waals surface area contributed by atoms with Crippen molar-refractivity contribution in [1.29, 1.82) is 0 Å². The van der Waals surface area contributed by atoms with Crippen LogP contribution in [-0.2, 0) is 11.3 Å². The van der Waals surface area contributed by atoms with Crippen molar-refractivity contribution in [2.75, 3.05) is 19.8 Å². The van der Waals surface area contributed by atoms with Crippen LogP contribution in [0, 0.1) is 0 Å². The van der Waals surface area contributed by atoms with Gasteiger partial charge in [0.25, 0.3) is 12.3 Å². The number of benzene rings is 1. The van der Waals surface area contributed by atoms with Gasteiger partial charge in [-0.05, 0) is 17.7 Å². The summed E-state index contributed by atoms with van der Waals surface area (Å²) in [6, 6.07) is 6.91. The third-order valence-corrected chi connectivity index (χ3v) is 2.20. The number of halogens is 2. The topological polar surface area (TPSA) is 64.4 Å². The number of carbonyl (C=O) groups excluding carboxylic acids is 1. The van der Waals surface area contributed by atoms with E-state index in [1.54, 1.807) is 18.2 Å². The Balaban J connectivity index is 2.31. The fourth-order valence-electron chi connectivity index (χ4n) is 1.35. The number of amides is 1. The molecule has 1 amide bonds. The Labute approximate surface area is 104 Å². The van der Waals surface area contributed by atoms with Gasteiger partial charge in [0.05, 0.1) is 6.61 Å². The zero-order chi connectivity index (χ0) is 13.4. The van der Waals surface area contributed by atoms with Gasteiger partial charge in [0.15, 0.2) is 0 Å². The van der Waals surface area contributed by atoms with E-state index in [9.17, 15) is 13.6 Å². The molecule has 1 aromatic carbocycles. The van der Waals surface area contributed by atoms with Crippen LogP contribution in [0.25, 0.3) is 0 Å². The average Bonchev–Trinajstić information content (AvgIpc) is 2.37. The third-order valence-electron chi connectivity index (χ3n) is 2.20. The molecule has 1 rings (SSSR count). The number of ether oxygens (including phenoxy) is 1. The summed E-state index contributed by atoms with van der Waals surface area (Å²) >= 11 is 0. The summed E-state index contributed by atoms with van der Waals surface area (Å²) in [5, 5.41) is 2.57. The molecule has 0 saturated carbocycles. The van der Waals surface area contributed by atoms with E-state index in [1.165, 1.54) is 0 Å². The van der Waals surface area contributed by atoms with Crippen LogP contribution < -0.4 is 11.1 Å². The quantitative estimate of drug-likeness (QED) is 0.721. The minimum absolute atomic E-state index is 0.0622. The summed E-state index contributed by atoms with van der Waals surface area (Å²) in [5.41, 5.74) is 6.81. The summed E-state index contributed by atoms with van der Waals surface area (Å²) in [5.74, 6) is -0.272. The molecule has 0 radical (unpaired) electrons. The van der Waals surface area contributed by atoms with Gasteiger partial charge in [0.1, 0.15) is 6.61 Å². The summed E-state index contributed by atoms with van der Waals surface area (Å²) in [7, 11) is 0. The lowest BCUT2D eigenvalue weighted by Gasteiger charge is -2.07. The lowest BCUT2D eigenvalue weighted by Crippen LogP contribution is -2.27. The van der Waals surface area contributed by atoms with Crippen molar-refractivity contribution in [3.63, 3.8) is 0 Å². The van der Waals surface area contributed by atoms with Crippen LogP contribution in [0.3, 0.4) is 0 Å². The zero-order valence-corrected chi connectivity index (χ0v) is 9.86. The smallest absolute Gasteiger partial charge is 0.261 e. The van der Waals surface area contributed by atoms with E-state index in [0.717, 1.165) is 5.56 Å². The van der Waals surface area contributed by atoms with Crippen LogP contribution in [0.5, 0.6) is 0 Å². The van der Waals surface area contributed by atoms with Gasteiger partial charge >= 0.3 is 0 Å². The molecule has 1 aromatic rings. The highest BCUT2D eigenvalue weighted by molar-refractivity contribution is 5.94. The van der Waals surface area contributed by atoms with Crippen LogP contribution in [0.1, 0.15) is 15.9 Å². The molecule has 0 aliphatic heterocycles. The number of alkyl halides is 2. The van der Waals surface area contributed by atoms with E-state index in [2.05, 4.69) is 10.1 Å². The predicted molar refractivity (Wildman–Crippen MR) is 63.5 cm³/mol. The number of nitrogens with one attached hydrogen (secondary N) is 1. The standard InChI is InChI=1S/C12H16F2N2O2/c13-11(14)8-18-5-4-16-12(17)10-3-1-2-9(6-10)7-15/h1-3,6,11H,4-5,7-8,15H2,(H,16,17). The molecule has 0 atom stereocenters. The van der Waals surface area contributed by atoms with Crippen molar-refractivity contribution < 1.29 is 18.3 Å². The molecule has 0 unspecified atom stereocenters. The Kier molecular flexibility index (Phi) is 6.24. The molecule has 0 saturated heterocycles. The molecule has 0 fully saturated rings. The monoisotopic (exact) mass is 258 g/mol. The highest BCUT2D eigenvalue weighted by Crippen LogP contribution is 2.04. The molecule has 3 N–H and O–H groups in total. The van der Waals surface area contributed by atoms with Gasteiger partial charge in [-0.25, -0.2) is 8.78 Å². The Hall–Kier alpha value is -1.53.